The number of fused-ring (bicyclic) bond motifs is 1. The van der Waals surface area contributed by atoms with Crippen LogP contribution in [0, 0.1) is 0 Å². The van der Waals surface area contributed by atoms with Gasteiger partial charge in [-0.05, 0) is 38.3 Å². The molecule has 1 heterocycles. The summed E-state index contributed by atoms with van der Waals surface area (Å²) in [4.78, 5) is 41.9. The first kappa shape index (κ1) is 21.4. The van der Waals surface area contributed by atoms with Crippen LogP contribution in [0.1, 0.15) is 52.4 Å². The number of hydrogen-bond acceptors (Lipinski definition) is 5. The maximum atomic E-state index is 13.0. The van der Waals surface area contributed by atoms with Gasteiger partial charge in [0.1, 0.15) is 0 Å². The molecule has 0 saturated heterocycles. The van der Waals surface area contributed by atoms with Crippen molar-refractivity contribution < 1.29 is 9.59 Å². The predicted octanol–water partition coefficient (Wildman–Crippen LogP) is 3.45. The zero-order valence-corrected chi connectivity index (χ0v) is 17.8. The Morgan fingerprint density at radius 1 is 1.24 bits per heavy atom. The molecule has 3 rings (SSSR count). The maximum absolute atomic E-state index is 13.0. The first-order chi connectivity index (χ1) is 14.0. The van der Waals surface area contributed by atoms with E-state index in [0.29, 0.717) is 22.6 Å². The molecule has 1 fully saturated rings. The molecule has 1 unspecified atom stereocenters. The molecule has 29 heavy (non-hydrogen) atoms. The van der Waals surface area contributed by atoms with Crippen molar-refractivity contribution in [3.05, 3.63) is 34.6 Å². The van der Waals surface area contributed by atoms with Gasteiger partial charge in [0, 0.05) is 12.6 Å². The van der Waals surface area contributed by atoms with Crippen LogP contribution < -0.4 is 16.2 Å². The third-order valence-corrected chi connectivity index (χ3v) is 5.95. The Morgan fingerprint density at radius 3 is 2.72 bits per heavy atom. The van der Waals surface area contributed by atoms with E-state index in [9.17, 15) is 14.4 Å². The zero-order chi connectivity index (χ0) is 20.8. The molecule has 1 aromatic heterocycles. The highest BCUT2D eigenvalue weighted by Gasteiger charge is 2.26. The molecule has 1 aliphatic carbocycles. The van der Waals surface area contributed by atoms with Crippen molar-refractivity contribution in [1.29, 1.82) is 0 Å². The smallest absolute Gasteiger partial charge is 0.321 e. The van der Waals surface area contributed by atoms with Crippen LogP contribution in [-0.2, 0) is 11.3 Å². The molecule has 7 nitrogen and oxygen atoms in total. The molecule has 2 N–H and O–H groups in total. The number of para-hydroxylation sites is 1. The van der Waals surface area contributed by atoms with Crippen molar-refractivity contribution in [3.8, 4) is 0 Å². The summed E-state index contributed by atoms with van der Waals surface area (Å²) in [7, 11) is 0. The number of unbranched alkanes of at least 4 members (excludes halogenated alkanes) is 3. The molecule has 3 amide bonds. The van der Waals surface area contributed by atoms with Crippen molar-refractivity contribution in [2.24, 2.45) is 0 Å². The van der Waals surface area contributed by atoms with Gasteiger partial charge in [0.15, 0.2) is 5.16 Å². The van der Waals surface area contributed by atoms with E-state index in [1.54, 1.807) is 23.6 Å². The van der Waals surface area contributed by atoms with Gasteiger partial charge in [-0.1, -0.05) is 50.1 Å². The summed E-state index contributed by atoms with van der Waals surface area (Å²) >= 11 is 1.21. The van der Waals surface area contributed by atoms with Gasteiger partial charge in [-0.3, -0.25) is 19.5 Å². The fourth-order valence-electron chi connectivity index (χ4n) is 3.01. The van der Waals surface area contributed by atoms with E-state index in [2.05, 4.69) is 22.5 Å². The average molecular weight is 417 g/mol. The third-order valence-electron chi connectivity index (χ3n) is 4.86. The summed E-state index contributed by atoms with van der Waals surface area (Å²) in [6.07, 6.45) is 6.07. The Morgan fingerprint density at radius 2 is 2.00 bits per heavy atom. The quantitative estimate of drug-likeness (QED) is 0.371. The molecule has 0 bridgehead atoms. The van der Waals surface area contributed by atoms with E-state index in [1.807, 2.05) is 12.1 Å². The van der Waals surface area contributed by atoms with Crippen LogP contribution in [-0.4, -0.2) is 32.8 Å². The van der Waals surface area contributed by atoms with Gasteiger partial charge in [0.2, 0.25) is 5.91 Å². The first-order valence-electron chi connectivity index (χ1n) is 10.3. The lowest BCUT2D eigenvalue weighted by atomic mass is 10.2. The predicted molar refractivity (Wildman–Crippen MR) is 115 cm³/mol. The number of rotatable bonds is 9. The fourth-order valence-corrected chi connectivity index (χ4v) is 3.94. The highest BCUT2D eigenvalue weighted by Crippen LogP contribution is 2.23. The van der Waals surface area contributed by atoms with E-state index in [4.69, 9.17) is 0 Å². The summed E-state index contributed by atoms with van der Waals surface area (Å²) < 4.78 is 1.66. The number of carbonyl (C=O) groups excluding carboxylic acids is 2. The van der Waals surface area contributed by atoms with Crippen LogP contribution in [0.5, 0.6) is 0 Å². The molecule has 2 aromatic rings. The lowest BCUT2D eigenvalue weighted by molar-refractivity contribution is -0.119. The van der Waals surface area contributed by atoms with Crippen molar-refractivity contribution >= 4 is 34.6 Å². The maximum Gasteiger partial charge on any atom is 0.321 e. The molecule has 1 aromatic carbocycles. The fraction of sp³-hybridized carbons (Fsp3) is 0.524. The molecular formula is C21H28N4O3S. The lowest BCUT2D eigenvalue weighted by Gasteiger charge is -2.16. The van der Waals surface area contributed by atoms with Crippen molar-refractivity contribution in [3.63, 3.8) is 0 Å². The minimum absolute atomic E-state index is 0.0892. The minimum atomic E-state index is -0.560. The highest BCUT2D eigenvalue weighted by atomic mass is 32.2. The number of thioether (sulfide) groups is 1. The molecule has 156 valence electrons. The van der Waals surface area contributed by atoms with Crippen molar-refractivity contribution in [2.45, 2.75) is 75.4 Å². The molecule has 1 atom stereocenters. The molecule has 0 radical (unpaired) electrons. The van der Waals surface area contributed by atoms with E-state index in [-0.39, 0.29) is 11.6 Å². The summed E-state index contributed by atoms with van der Waals surface area (Å²) in [5.74, 6) is -0.395. The van der Waals surface area contributed by atoms with Crippen molar-refractivity contribution in [1.82, 2.24) is 20.2 Å². The highest BCUT2D eigenvalue weighted by molar-refractivity contribution is 8.00. The molecular weight excluding hydrogens is 388 g/mol. The number of hydrogen-bond donors (Lipinski definition) is 2. The minimum Gasteiger partial charge on any atom is -0.335 e. The first-order valence-corrected chi connectivity index (χ1v) is 11.1. The molecule has 8 heteroatoms. The van der Waals surface area contributed by atoms with E-state index in [1.165, 1.54) is 11.8 Å². The van der Waals surface area contributed by atoms with Gasteiger partial charge in [-0.2, -0.15) is 0 Å². The number of imide groups is 1. The van der Waals surface area contributed by atoms with E-state index in [0.717, 1.165) is 38.5 Å². The normalized spacial score (nSPS) is 14.6. The van der Waals surface area contributed by atoms with E-state index < -0.39 is 17.2 Å². The van der Waals surface area contributed by atoms with Gasteiger partial charge in [-0.25, -0.2) is 9.78 Å². The van der Waals surface area contributed by atoms with Gasteiger partial charge in [0.05, 0.1) is 16.2 Å². The Balaban J connectivity index is 1.77. The standard InChI is InChI=1S/C21H28N4O3S/c1-3-4-5-8-13-25-19(27)16-9-6-7-10-17(16)23-21(25)29-14(2)18(26)24-20(28)22-15-11-12-15/h6-7,9-10,14-15H,3-5,8,11-13H2,1-2H3,(H2,22,24,26,28). The Hall–Kier alpha value is -2.35. The number of carbonyl (C=O) groups is 2. The van der Waals surface area contributed by atoms with Gasteiger partial charge >= 0.3 is 6.03 Å². The molecule has 1 aliphatic rings. The van der Waals surface area contributed by atoms with Gasteiger partial charge < -0.3 is 5.32 Å². The summed E-state index contributed by atoms with van der Waals surface area (Å²) in [6, 6.07) is 6.96. The second-order valence-corrected chi connectivity index (χ2v) is 8.73. The third kappa shape index (κ3) is 5.82. The number of aromatic nitrogens is 2. The molecule has 0 spiro atoms. The van der Waals surface area contributed by atoms with Crippen LogP contribution in [0.2, 0.25) is 0 Å². The number of amides is 3. The van der Waals surface area contributed by atoms with Crippen LogP contribution >= 0.6 is 11.8 Å². The van der Waals surface area contributed by atoms with Crippen molar-refractivity contribution in [2.75, 3.05) is 0 Å². The molecule has 0 aliphatic heterocycles. The number of urea groups is 1. The average Bonchev–Trinajstić information content (AvgIpc) is 3.51. The SMILES string of the molecule is CCCCCCn1c(SC(C)C(=O)NC(=O)NC2CC2)nc2ccccc2c1=O. The lowest BCUT2D eigenvalue weighted by Crippen LogP contribution is -2.43. The number of nitrogens with zero attached hydrogens (tertiary/aromatic N) is 2. The molecule has 1 saturated carbocycles. The second kappa shape index (κ2) is 9.91. The number of benzene rings is 1. The topological polar surface area (TPSA) is 93.1 Å². The Labute approximate surface area is 174 Å². The van der Waals surface area contributed by atoms with Crippen LogP contribution in [0.4, 0.5) is 4.79 Å². The number of nitrogens with one attached hydrogen (secondary N) is 2. The van der Waals surface area contributed by atoms with Crippen LogP contribution in [0.15, 0.2) is 34.2 Å². The van der Waals surface area contributed by atoms with Crippen LogP contribution in [0.25, 0.3) is 10.9 Å². The van der Waals surface area contributed by atoms with Gasteiger partial charge in [-0.15, -0.1) is 0 Å². The summed E-state index contributed by atoms with van der Waals surface area (Å²) in [5, 5.41) is 5.64. The second-order valence-electron chi connectivity index (χ2n) is 7.43. The monoisotopic (exact) mass is 416 g/mol. The summed E-state index contributed by atoms with van der Waals surface area (Å²) in [6.45, 7) is 4.42. The largest absolute Gasteiger partial charge is 0.335 e. The van der Waals surface area contributed by atoms with E-state index >= 15 is 0 Å². The van der Waals surface area contributed by atoms with Crippen LogP contribution in [0.3, 0.4) is 0 Å². The van der Waals surface area contributed by atoms with Gasteiger partial charge in [0.25, 0.3) is 5.56 Å². The Kier molecular flexibility index (Phi) is 7.30. The zero-order valence-electron chi connectivity index (χ0n) is 16.9. The Bertz CT molecular complexity index is 939. The summed E-state index contributed by atoms with van der Waals surface area (Å²) in [5.41, 5.74) is 0.526.